The number of ketones is 1. The highest BCUT2D eigenvalue weighted by molar-refractivity contribution is 9.09. The number of rotatable bonds is 3. The van der Waals surface area contributed by atoms with Crippen molar-refractivity contribution in [2.75, 3.05) is 10.6 Å². The van der Waals surface area contributed by atoms with Gasteiger partial charge in [-0.15, -0.1) is 0 Å². The number of amides is 1. The second-order valence-electron chi connectivity index (χ2n) is 4.62. The highest BCUT2D eigenvalue weighted by atomic mass is 79.9. The number of Topliss-reactive ketones (excluding diaryl/α,β-unsaturated/α-hetero) is 1. The molecule has 1 heterocycles. The standard InChI is InChI=1S/C12H15BrN2O3/c1-12(2,3)18-11(17)15-8-4-5-9(14-7-8)10(16)6-13/h4-5,7H,6H2,1-3H3,(H,15,17). The van der Waals surface area contributed by atoms with E-state index >= 15 is 0 Å². The van der Waals surface area contributed by atoms with Crippen molar-refractivity contribution < 1.29 is 14.3 Å². The molecule has 0 radical (unpaired) electrons. The Morgan fingerprint density at radius 1 is 1.39 bits per heavy atom. The molecule has 0 spiro atoms. The molecule has 0 aliphatic carbocycles. The third-order valence-corrected chi connectivity index (χ3v) is 2.33. The van der Waals surface area contributed by atoms with E-state index in [4.69, 9.17) is 4.74 Å². The van der Waals surface area contributed by atoms with Crippen molar-refractivity contribution in [3.8, 4) is 0 Å². The summed E-state index contributed by atoms with van der Waals surface area (Å²) in [4.78, 5) is 26.7. The molecule has 0 atom stereocenters. The number of anilines is 1. The van der Waals surface area contributed by atoms with Gasteiger partial charge in [0.2, 0.25) is 0 Å². The molecular formula is C12H15BrN2O3. The first kappa shape index (κ1) is 14.6. The van der Waals surface area contributed by atoms with Crippen LogP contribution < -0.4 is 5.32 Å². The summed E-state index contributed by atoms with van der Waals surface area (Å²) in [6.07, 6.45) is 0.865. The number of alkyl halides is 1. The number of hydrogen-bond donors (Lipinski definition) is 1. The predicted molar refractivity (Wildman–Crippen MR) is 72.2 cm³/mol. The Morgan fingerprint density at radius 2 is 2.06 bits per heavy atom. The van der Waals surface area contributed by atoms with Crippen LogP contribution in [0, 0.1) is 0 Å². The first-order chi connectivity index (χ1) is 8.31. The van der Waals surface area contributed by atoms with Crippen molar-refractivity contribution >= 4 is 33.5 Å². The van der Waals surface area contributed by atoms with Crippen LogP contribution in [0.5, 0.6) is 0 Å². The van der Waals surface area contributed by atoms with Gasteiger partial charge in [0.1, 0.15) is 11.3 Å². The number of hydrogen-bond acceptors (Lipinski definition) is 4. The van der Waals surface area contributed by atoms with Gasteiger partial charge in [0.15, 0.2) is 5.78 Å². The molecular weight excluding hydrogens is 300 g/mol. The summed E-state index contributed by atoms with van der Waals surface area (Å²) in [5.74, 6) is -0.112. The lowest BCUT2D eigenvalue weighted by molar-refractivity contribution is 0.0635. The minimum Gasteiger partial charge on any atom is -0.444 e. The molecule has 98 valence electrons. The normalized spacial score (nSPS) is 10.9. The van der Waals surface area contributed by atoms with Gasteiger partial charge < -0.3 is 4.74 Å². The lowest BCUT2D eigenvalue weighted by Crippen LogP contribution is -2.27. The third kappa shape index (κ3) is 4.83. The quantitative estimate of drug-likeness (QED) is 0.688. The fourth-order valence-electron chi connectivity index (χ4n) is 1.12. The number of aromatic nitrogens is 1. The van der Waals surface area contributed by atoms with Crippen LogP contribution in [0.25, 0.3) is 0 Å². The molecule has 1 aromatic heterocycles. The molecule has 18 heavy (non-hydrogen) atoms. The monoisotopic (exact) mass is 314 g/mol. The number of nitrogens with zero attached hydrogens (tertiary/aromatic N) is 1. The molecule has 0 aliphatic rings. The molecule has 0 aromatic carbocycles. The van der Waals surface area contributed by atoms with Gasteiger partial charge in [-0.1, -0.05) is 15.9 Å². The van der Waals surface area contributed by atoms with E-state index < -0.39 is 11.7 Å². The molecule has 0 unspecified atom stereocenters. The van der Waals surface area contributed by atoms with Crippen molar-refractivity contribution in [2.45, 2.75) is 26.4 Å². The Balaban J connectivity index is 2.64. The fraction of sp³-hybridized carbons (Fsp3) is 0.417. The number of carbonyl (C=O) groups excluding carboxylic acids is 2. The van der Waals surface area contributed by atoms with Crippen molar-refractivity contribution in [1.29, 1.82) is 0 Å². The molecule has 1 rings (SSSR count). The number of halogens is 1. The molecule has 1 amide bonds. The molecule has 0 fully saturated rings. The second-order valence-corrected chi connectivity index (χ2v) is 5.18. The maximum atomic E-state index is 11.5. The third-order valence-electron chi connectivity index (χ3n) is 1.82. The second kappa shape index (κ2) is 5.95. The van der Waals surface area contributed by atoms with Crippen LogP contribution in [-0.2, 0) is 4.74 Å². The number of ether oxygens (including phenoxy) is 1. The minimum atomic E-state index is -0.552. The van der Waals surface area contributed by atoms with Gasteiger partial charge in [-0.05, 0) is 32.9 Å². The van der Waals surface area contributed by atoms with E-state index in [1.165, 1.54) is 6.20 Å². The van der Waals surface area contributed by atoms with E-state index in [-0.39, 0.29) is 11.1 Å². The number of nitrogens with one attached hydrogen (secondary N) is 1. The zero-order valence-corrected chi connectivity index (χ0v) is 12.1. The maximum absolute atomic E-state index is 11.5. The molecule has 0 saturated heterocycles. The Labute approximate surface area is 114 Å². The molecule has 0 aliphatic heterocycles. The van der Waals surface area contributed by atoms with Gasteiger partial charge in [0.05, 0.1) is 17.2 Å². The summed E-state index contributed by atoms with van der Waals surface area (Å²) in [7, 11) is 0. The molecule has 0 bridgehead atoms. The summed E-state index contributed by atoms with van der Waals surface area (Å²) in [6, 6.07) is 3.16. The van der Waals surface area contributed by atoms with E-state index in [9.17, 15) is 9.59 Å². The maximum Gasteiger partial charge on any atom is 0.412 e. The summed E-state index contributed by atoms with van der Waals surface area (Å²) in [6.45, 7) is 5.34. The zero-order valence-electron chi connectivity index (χ0n) is 10.5. The summed E-state index contributed by atoms with van der Waals surface area (Å²) >= 11 is 3.06. The van der Waals surface area contributed by atoms with Crippen molar-refractivity contribution in [3.63, 3.8) is 0 Å². The van der Waals surface area contributed by atoms with Crippen LogP contribution in [0.1, 0.15) is 31.3 Å². The Bertz CT molecular complexity index is 438. The van der Waals surface area contributed by atoms with Crippen LogP contribution in [0.15, 0.2) is 18.3 Å². The number of carbonyl (C=O) groups is 2. The van der Waals surface area contributed by atoms with Crippen LogP contribution in [-0.4, -0.2) is 27.8 Å². The van der Waals surface area contributed by atoms with Gasteiger partial charge in [0.25, 0.3) is 0 Å². The summed E-state index contributed by atoms with van der Waals surface area (Å²) < 4.78 is 5.09. The van der Waals surface area contributed by atoms with Gasteiger partial charge in [-0.3, -0.25) is 15.1 Å². The summed E-state index contributed by atoms with van der Waals surface area (Å²) in [5.41, 5.74) is 0.278. The van der Waals surface area contributed by atoms with Gasteiger partial charge in [0, 0.05) is 0 Å². The average molecular weight is 315 g/mol. The minimum absolute atomic E-state index is 0.112. The van der Waals surface area contributed by atoms with Crippen molar-refractivity contribution in [2.24, 2.45) is 0 Å². The highest BCUT2D eigenvalue weighted by Gasteiger charge is 2.16. The predicted octanol–water partition coefficient (Wildman–Crippen LogP) is 3.01. The van der Waals surface area contributed by atoms with Gasteiger partial charge >= 0.3 is 6.09 Å². The molecule has 0 saturated carbocycles. The SMILES string of the molecule is CC(C)(C)OC(=O)Nc1ccc(C(=O)CBr)nc1. The van der Waals surface area contributed by atoms with Crippen molar-refractivity contribution in [3.05, 3.63) is 24.0 Å². The molecule has 1 N–H and O–H groups in total. The van der Waals surface area contributed by atoms with Crippen LogP contribution in [0.4, 0.5) is 10.5 Å². The van der Waals surface area contributed by atoms with E-state index in [1.807, 2.05) is 0 Å². The Morgan fingerprint density at radius 3 is 2.50 bits per heavy atom. The largest absolute Gasteiger partial charge is 0.444 e. The first-order valence-electron chi connectivity index (χ1n) is 5.37. The summed E-state index contributed by atoms with van der Waals surface area (Å²) in [5, 5.41) is 2.76. The van der Waals surface area contributed by atoms with Crippen LogP contribution in [0.3, 0.4) is 0 Å². The Hall–Kier alpha value is -1.43. The van der Waals surface area contributed by atoms with E-state index in [0.29, 0.717) is 11.4 Å². The smallest absolute Gasteiger partial charge is 0.412 e. The first-order valence-corrected chi connectivity index (χ1v) is 6.49. The van der Waals surface area contributed by atoms with Gasteiger partial charge in [-0.25, -0.2) is 4.79 Å². The van der Waals surface area contributed by atoms with E-state index in [1.54, 1.807) is 32.9 Å². The Kier molecular flexibility index (Phi) is 4.84. The molecule has 6 heteroatoms. The lowest BCUT2D eigenvalue weighted by atomic mass is 10.2. The van der Waals surface area contributed by atoms with E-state index in [2.05, 4.69) is 26.2 Å². The van der Waals surface area contributed by atoms with Crippen LogP contribution >= 0.6 is 15.9 Å². The van der Waals surface area contributed by atoms with Crippen molar-refractivity contribution in [1.82, 2.24) is 4.98 Å². The van der Waals surface area contributed by atoms with Crippen LogP contribution in [0.2, 0.25) is 0 Å². The number of pyridine rings is 1. The lowest BCUT2D eigenvalue weighted by Gasteiger charge is -2.19. The van der Waals surface area contributed by atoms with E-state index in [0.717, 1.165) is 0 Å². The fourth-order valence-corrected chi connectivity index (χ4v) is 1.41. The highest BCUT2D eigenvalue weighted by Crippen LogP contribution is 2.11. The molecule has 1 aromatic rings. The zero-order chi connectivity index (χ0) is 13.8. The van der Waals surface area contributed by atoms with Gasteiger partial charge in [-0.2, -0.15) is 0 Å². The average Bonchev–Trinajstić information content (AvgIpc) is 2.26. The topological polar surface area (TPSA) is 68.3 Å². The molecule has 5 nitrogen and oxygen atoms in total.